The molecule has 0 saturated carbocycles. The summed E-state index contributed by atoms with van der Waals surface area (Å²) < 4.78 is 33.0. The number of ether oxygens (including phenoxy) is 1. The van der Waals surface area contributed by atoms with Gasteiger partial charge in [-0.15, -0.1) is 0 Å². The summed E-state index contributed by atoms with van der Waals surface area (Å²) in [5, 5.41) is 0. The second-order valence-electron chi connectivity index (χ2n) is 6.02. The van der Waals surface area contributed by atoms with E-state index in [9.17, 15) is 13.6 Å². The zero-order valence-electron chi connectivity index (χ0n) is 12.2. The van der Waals surface area contributed by atoms with E-state index in [1.54, 1.807) is 27.7 Å². The highest BCUT2D eigenvalue weighted by Gasteiger charge is 2.33. The van der Waals surface area contributed by atoms with E-state index in [0.717, 1.165) is 12.1 Å². The highest BCUT2D eigenvalue weighted by molar-refractivity contribution is 5.69. The highest BCUT2D eigenvalue weighted by Crippen LogP contribution is 2.33. The van der Waals surface area contributed by atoms with E-state index in [1.165, 1.54) is 4.90 Å². The standard InChI is InChI=1S/C15H19F2NO2/c1-9-13-10(11(16)5-6-12(13)17)7-8-18(9)14(19)20-15(2,3)4/h5-6,9H,7-8H2,1-4H3. The van der Waals surface area contributed by atoms with Crippen molar-refractivity contribution in [3.63, 3.8) is 0 Å². The first kappa shape index (κ1) is 14.8. The second kappa shape index (κ2) is 5.04. The first-order valence-corrected chi connectivity index (χ1v) is 6.67. The number of benzene rings is 1. The van der Waals surface area contributed by atoms with Crippen molar-refractivity contribution in [2.75, 3.05) is 6.54 Å². The van der Waals surface area contributed by atoms with Gasteiger partial charge < -0.3 is 9.64 Å². The Morgan fingerprint density at radius 3 is 2.50 bits per heavy atom. The maximum absolute atomic E-state index is 13.9. The molecule has 1 unspecified atom stereocenters. The molecule has 0 aliphatic carbocycles. The zero-order valence-corrected chi connectivity index (χ0v) is 12.2. The Morgan fingerprint density at radius 2 is 1.90 bits per heavy atom. The van der Waals surface area contributed by atoms with Crippen molar-refractivity contribution in [3.8, 4) is 0 Å². The van der Waals surface area contributed by atoms with Crippen LogP contribution in [-0.4, -0.2) is 23.1 Å². The third kappa shape index (κ3) is 2.76. The highest BCUT2D eigenvalue weighted by atomic mass is 19.1. The normalized spacial score (nSPS) is 18.7. The van der Waals surface area contributed by atoms with Crippen LogP contribution in [0.5, 0.6) is 0 Å². The van der Waals surface area contributed by atoms with E-state index in [-0.39, 0.29) is 5.56 Å². The number of rotatable bonds is 0. The van der Waals surface area contributed by atoms with Crippen molar-refractivity contribution in [1.29, 1.82) is 0 Å². The molecule has 0 N–H and O–H groups in total. The van der Waals surface area contributed by atoms with Crippen LogP contribution >= 0.6 is 0 Å². The maximum atomic E-state index is 13.9. The van der Waals surface area contributed by atoms with Crippen molar-refractivity contribution in [2.45, 2.75) is 45.8 Å². The van der Waals surface area contributed by atoms with Gasteiger partial charge in [0.2, 0.25) is 0 Å². The van der Waals surface area contributed by atoms with E-state index in [2.05, 4.69) is 0 Å². The summed E-state index contributed by atoms with van der Waals surface area (Å²) in [4.78, 5) is 13.6. The summed E-state index contributed by atoms with van der Waals surface area (Å²) in [6, 6.07) is 1.69. The molecule has 1 aromatic rings. The van der Waals surface area contributed by atoms with Gasteiger partial charge in [-0.05, 0) is 51.8 Å². The molecule has 20 heavy (non-hydrogen) atoms. The Kier molecular flexibility index (Phi) is 3.71. The van der Waals surface area contributed by atoms with Gasteiger partial charge in [0.1, 0.15) is 17.2 Å². The lowest BCUT2D eigenvalue weighted by atomic mass is 9.93. The lowest BCUT2D eigenvalue weighted by molar-refractivity contribution is 0.0154. The fraction of sp³-hybridized carbons (Fsp3) is 0.533. The van der Waals surface area contributed by atoms with Crippen LogP contribution in [0.2, 0.25) is 0 Å². The van der Waals surface area contributed by atoms with E-state index in [4.69, 9.17) is 4.74 Å². The number of hydrogen-bond acceptors (Lipinski definition) is 2. The molecule has 0 fully saturated rings. The van der Waals surface area contributed by atoms with Crippen molar-refractivity contribution in [3.05, 3.63) is 34.9 Å². The van der Waals surface area contributed by atoms with Crippen LogP contribution < -0.4 is 0 Å². The molecular formula is C15H19F2NO2. The molecule has 0 saturated heterocycles. The van der Waals surface area contributed by atoms with Crippen LogP contribution in [0, 0.1) is 11.6 Å². The predicted molar refractivity (Wildman–Crippen MR) is 71.4 cm³/mol. The van der Waals surface area contributed by atoms with Gasteiger partial charge in [-0.25, -0.2) is 13.6 Å². The van der Waals surface area contributed by atoms with Crippen LogP contribution in [0.1, 0.15) is 44.9 Å². The summed E-state index contributed by atoms with van der Waals surface area (Å²) in [6.07, 6.45) is -0.206. The maximum Gasteiger partial charge on any atom is 0.410 e. The van der Waals surface area contributed by atoms with E-state index in [1.807, 2.05) is 0 Å². The van der Waals surface area contributed by atoms with Crippen molar-refractivity contribution >= 4 is 6.09 Å². The lowest BCUT2D eigenvalue weighted by Crippen LogP contribution is -2.42. The fourth-order valence-electron chi connectivity index (χ4n) is 2.47. The van der Waals surface area contributed by atoms with E-state index < -0.39 is 29.4 Å². The van der Waals surface area contributed by atoms with Crippen LogP contribution in [0.4, 0.5) is 13.6 Å². The molecule has 5 heteroatoms. The van der Waals surface area contributed by atoms with Gasteiger partial charge >= 0.3 is 6.09 Å². The Labute approximate surface area is 117 Å². The molecule has 0 aromatic heterocycles. The van der Waals surface area contributed by atoms with Gasteiger partial charge in [-0.3, -0.25) is 0 Å². The second-order valence-corrected chi connectivity index (χ2v) is 6.02. The number of amides is 1. The van der Waals surface area contributed by atoms with Gasteiger partial charge in [-0.2, -0.15) is 0 Å². The molecule has 1 aromatic carbocycles. The van der Waals surface area contributed by atoms with Crippen molar-refractivity contribution in [1.82, 2.24) is 4.90 Å². The van der Waals surface area contributed by atoms with Gasteiger partial charge in [0.05, 0.1) is 6.04 Å². The minimum Gasteiger partial charge on any atom is -0.444 e. The van der Waals surface area contributed by atoms with Gasteiger partial charge in [0.15, 0.2) is 0 Å². The average Bonchev–Trinajstić information content (AvgIpc) is 2.31. The van der Waals surface area contributed by atoms with E-state index >= 15 is 0 Å². The van der Waals surface area contributed by atoms with Crippen LogP contribution in [0.15, 0.2) is 12.1 Å². The monoisotopic (exact) mass is 283 g/mol. The van der Waals surface area contributed by atoms with E-state index in [0.29, 0.717) is 18.5 Å². The van der Waals surface area contributed by atoms with Crippen LogP contribution in [0.3, 0.4) is 0 Å². The summed E-state index contributed by atoms with van der Waals surface area (Å²) in [6.45, 7) is 7.32. The van der Waals surface area contributed by atoms with Crippen molar-refractivity contribution in [2.24, 2.45) is 0 Å². The van der Waals surface area contributed by atoms with Crippen LogP contribution in [0.25, 0.3) is 0 Å². The predicted octanol–water partition coefficient (Wildman–Crippen LogP) is 3.82. The fourth-order valence-corrected chi connectivity index (χ4v) is 2.47. The lowest BCUT2D eigenvalue weighted by Gasteiger charge is -2.36. The van der Waals surface area contributed by atoms with Gasteiger partial charge in [0, 0.05) is 12.1 Å². The Balaban J connectivity index is 2.30. The van der Waals surface area contributed by atoms with Gasteiger partial charge in [-0.1, -0.05) is 0 Å². The Morgan fingerprint density at radius 1 is 1.30 bits per heavy atom. The first-order valence-electron chi connectivity index (χ1n) is 6.67. The van der Waals surface area contributed by atoms with Crippen LogP contribution in [-0.2, 0) is 11.2 Å². The third-order valence-corrected chi connectivity index (χ3v) is 3.36. The third-order valence-electron chi connectivity index (χ3n) is 3.36. The summed E-state index contributed by atoms with van der Waals surface area (Å²) in [5.74, 6) is -0.903. The Bertz CT molecular complexity index is 537. The largest absolute Gasteiger partial charge is 0.444 e. The Hall–Kier alpha value is -1.65. The number of carbonyl (C=O) groups excluding carboxylic acids is 1. The molecule has 1 aliphatic heterocycles. The molecule has 1 amide bonds. The number of halogens is 2. The topological polar surface area (TPSA) is 29.5 Å². The summed E-state index contributed by atoms with van der Waals surface area (Å²) >= 11 is 0. The number of nitrogens with zero attached hydrogens (tertiary/aromatic N) is 1. The number of fused-ring (bicyclic) bond motifs is 1. The minimum absolute atomic E-state index is 0.252. The molecule has 1 aliphatic rings. The molecule has 110 valence electrons. The quantitative estimate of drug-likeness (QED) is 0.724. The molecule has 0 bridgehead atoms. The first-order chi connectivity index (χ1) is 9.20. The molecule has 1 atom stereocenters. The van der Waals surface area contributed by atoms with Crippen molar-refractivity contribution < 1.29 is 18.3 Å². The smallest absolute Gasteiger partial charge is 0.410 e. The summed E-state index contributed by atoms with van der Waals surface area (Å²) in [7, 11) is 0. The molecule has 3 nitrogen and oxygen atoms in total. The summed E-state index contributed by atoms with van der Waals surface area (Å²) in [5.41, 5.74) is -0.00296. The zero-order chi connectivity index (χ0) is 15.1. The SMILES string of the molecule is CC1c2c(F)ccc(F)c2CCN1C(=O)OC(C)(C)C. The average molecular weight is 283 g/mol. The minimum atomic E-state index is -0.614. The number of carbonyl (C=O) groups is 1. The molecular weight excluding hydrogens is 264 g/mol. The van der Waals surface area contributed by atoms with Gasteiger partial charge in [0.25, 0.3) is 0 Å². The molecule has 0 spiro atoms. The number of hydrogen-bond donors (Lipinski definition) is 0. The molecule has 2 rings (SSSR count). The molecule has 0 radical (unpaired) electrons. The molecule has 1 heterocycles.